The van der Waals surface area contributed by atoms with E-state index in [2.05, 4.69) is 37.4 Å². The SMILES string of the molecule is COCCNC(=O)CN(C)Cc1ccc(C)cc1C. The fourth-order valence-corrected chi connectivity index (χ4v) is 1.96. The van der Waals surface area contributed by atoms with Crippen LogP contribution in [0.25, 0.3) is 0 Å². The number of nitrogens with zero attached hydrogens (tertiary/aromatic N) is 1. The van der Waals surface area contributed by atoms with Crippen molar-refractivity contribution in [3.05, 3.63) is 34.9 Å². The summed E-state index contributed by atoms with van der Waals surface area (Å²) in [6.07, 6.45) is 0. The van der Waals surface area contributed by atoms with Gasteiger partial charge >= 0.3 is 0 Å². The molecule has 1 aromatic carbocycles. The van der Waals surface area contributed by atoms with E-state index < -0.39 is 0 Å². The van der Waals surface area contributed by atoms with Crippen molar-refractivity contribution in [1.82, 2.24) is 10.2 Å². The second kappa shape index (κ2) is 7.92. The van der Waals surface area contributed by atoms with Gasteiger partial charge in [0.2, 0.25) is 5.91 Å². The first-order valence-electron chi connectivity index (χ1n) is 6.53. The summed E-state index contributed by atoms with van der Waals surface area (Å²) in [5, 5.41) is 2.82. The van der Waals surface area contributed by atoms with E-state index in [4.69, 9.17) is 4.74 Å². The van der Waals surface area contributed by atoms with Crippen LogP contribution in [0, 0.1) is 13.8 Å². The zero-order valence-corrected chi connectivity index (χ0v) is 12.3. The highest BCUT2D eigenvalue weighted by atomic mass is 16.5. The molecule has 4 heteroatoms. The topological polar surface area (TPSA) is 41.6 Å². The van der Waals surface area contributed by atoms with E-state index in [1.165, 1.54) is 16.7 Å². The van der Waals surface area contributed by atoms with Gasteiger partial charge in [-0.3, -0.25) is 9.69 Å². The average Bonchev–Trinajstić information content (AvgIpc) is 2.33. The Morgan fingerprint density at radius 2 is 2.11 bits per heavy atom. The number of nitrogens with one attached hydrogen (secondary N) is 1. The van der Waals surface area contributed by atoms with Crippen LogP contribution in [0.2, 0.25) is 0 Å². The van der Waals surface area contributed by atoms with Crippen molar-refractivity contribution in [3.8, 4) is 0 Å². The normalized spacial score (nSPS) is 10.8. The van der Waals surface area contributed by atoms with Crippen molar-refractivity contribution in [3.63, 3.8) is 0 Å². The number of ether oxygens (including phenoxy) is 1. The highest BCUT2D eigenvalue weighted by Crippen LogP contribution is 2.12. The van der Waals surface area contributed by atoms with E-state index in [0.29, 0.717) is 19.7 Å². The number of carbonyl (C=O) groups is 1. The van der Waals surface area contributed by atoms with E-state index in [1.807, 2.05) is 11.9 Å². The van der Waals surface area contributed by atoms with Gasteiger partial charge in [0.1, 0.15) is 0 Å². The molecule has 1 rings (SSSR count). The number of carbonyl (C=O) groups excluding carboxylic acids is 1. The molecule has 0 saturated heterocycles. The largest absolute Gasteiger partial charge is 0.383 e. The van der Waals surface area contributed by atoms with Gasteiger partial charge in [-0.1, -0.05) is 23.8 Å². The third-order valence-electron chi connectivity index (χ3n) is 2.98. The molecule has 0 radical (unpaired) electrons. The van der Waals surface area contributed by atoms with E-state index >= 15 is 0 Å². The third kappa shape index (κ3) is 5.85. The molecule has 0 aliphatic carbocycles. The van der Waals surface area contributed by atoms with Crippen LogP contribution in [-0.4, -0.2) is 44.7 Å². The van der Waals surface area contributed by atoms with Gasteiger partial charge in [-0.25, -0.2) is 0 Å². The monoisotopic (exact) mass is 264 g/mol. The minimum Gasteiger partial charge on any atom is -0.383 e. The Hall–Kier alpha value is -1.39. The number of amides is 1. The van der Waals surface area contributed by atoms with Crippen LogP contribution in [0.15, 0.2) is 18.2 Å². The number of hydrogen-bond donors (Lipinski definition) is 1. The predicted octanol–water partition coefficient (Wildman–Crippen LogP) is 1.50. The summed E-state index contributed by atoms with van der Waals surface area (Å²) in [7, 11) is 3.58. The highest BCUT2D eigenvalue weighted by Gasteiger charge is 2.08. The lowest BCUT2D eigenvalue weighted by atomic mass is 10.1. The van der Waals surface area contributed by atoms with E-state index in [0.717, 1.165) is 6.54 Å². The molecule has 1 aromatic rings. The maximum Gasteiger partial charge on any atom is 0.234 e. The number of aryl methyl sites for hydroxylation is 2. The first-order valence-corrected chi connectivity index (χ1v) is 6.53. The van der Waals surface area contributed by atoms with E-state index in [9.17, 15) is 4.79 Å². The standard InChI is InChI=1S/C15H24N2O2/c1-12-5-6-14(13(2)9-12)10-17(3)11-15(18)16-7-8-19-4/h5-6,9H,7-8,10-11H2,1-4H3,(H,16,18). The highest BCUT2D eigenvalue weighted by molar-refractivity contribution is 5.77. The smallest absolute Gasteiger partial charge is 0.234 e. The second-order valence-corrected chi connectivity index (χ2v) is 4.94. The number of hydrogen-bond acceptors (Lipinski definition) is 3. The predicted molar refractivity (Wildman–Crippen MR) is 77.1 cm³/mol. The van der Waals surface area contributed by atoms with Crippen LogP contribution >= 0.6 is 0 Å². The number of methoxy groups -OCH3 is 1. The van der Waals surface area contributed by atoms with Crippen molar-refractivity contribution in [2.24, 2.45) is 0 Å². The lowest BCUT2D eigenvalue weighted by molar-refractivity contribution is -0.122. The summed E-state index contributed by atoms with van der Waals surface area (Å²) < 4.78 is 4.89. The van der Waals surface area contributed by atoms with Gasteiger partial charge in [0.25, 0.3) is 0 Å². The zero-order chi connectivity index (χ0) is 14.3. The maximum atomic E-state index is 11.6. The van der Waals surface area contributed by atoms with Gasteiger partial charge in [0, 0.05) is 20.2 Å². The Morgan fingerprint density at radius 3 is 2.74 bits per heavy atom. The molecule has 0 aliphatic rings. The molecular weight excluding hydrogens is 240 g/mol. The van der Waals surface area contributed by atoms with Crippen LogP contribution in [0.1, 0.15) is 16.7 Å². The molecular formula is C15H24N2O2. The summed E-state index contributed by atoms with van der Waals surface area (Å²) in [4.78, 5) is 13.7. The molecule has 0 aliphatic heterocycles. The van der Waals surface area contributed by atoms with Crippen molar-refractivity contribution in [1.29, 1.82) is 0 Å². The lowest BCUT2D eigenvalue weighted by Crippen LogP contribution is -2.36. The minimum atomic E-state index is 0.0318. The van der Waals surface area contributed by atoms with Crippen molar-refractivity contribution < 1.29 is 9.53 Å². The molecule has 0 aromatic heterocycles. The molecule has 1 amide bonds. The van der Waals surface area contributed by atoms with E-state index in [1.54, 1.807) is 7.11 Å². The minimum absolute atomic E-state index is 0.0318. The molecule has 0 saturated carbocycles. The Kier molecular flexibility index (Phi) is 6.53. The van der Waals surface area contributed by atoms with Gasteiger partial charge in [0.15, 0.2) is 0 Å². The van der Waals surface area contributed by atoms with Gasteiger partial charge in [-0.2, -0.15) is 0 Å². The van der Waals surface area contributed by atoms with Crippen LogP contribution in [0.4, 0.5) is 0 Å². The molecule has 0 heterocycles. The molecule has 0 spiro atoms. The Morgan fingerprint density at radius 1 is 1.37 bits per heavy atom. The van der Waals surface area contributed by atoms with Gasteiger partial charge in [-0.15, -0.1) is 0 Å². The quantitative estimate of drug-likeness (QED) is 0.759. The zero-order valence-electron chi connectivity index (χ0n) is 12.3. The number of rotatable bonds is 7. The third-order valence-corrected chi connectivity index (χ3v) is 2.98. The Labute approximate surface area is 115 Å². The summed E-state index contributed by atoms with van der Waals surface area (Å²) in [6.45, 7) is 6.48. The van der Waals surface area contributed by atoms with E-state index in [-0.39, 0.29) is 5.91 Å². The van der Waals surface area contributed by atoms with Gasteiger partial charge in [0.05, 0.1) is 13.2 Å². The number of likely N-dealkylation sites (N-methyl/N-ethyl adjacent to an activating group) is 1. The molecule has 1 N–H and O–H groups in total. The molecule has 0 atom stereocenters. The van der Waals surface area contributed by atoms with Crippen molar-refractivity contribution in [2.45, 2.75) is 20.4 Å². The van der Waals surface area contributed by atoms with Crippen molar-refractivity contribution >= 4 is 5.91 Å². The molecule has 0 unspecified atom stereocenters. The average molecular weight is 264 g/mol. The molecule has 4 nitrogen and oxygen atoms in total. The Bertz CT molecular complexity index is 419. The molecule has 106 valence electrons. The van der Waals surface area contributed by atoms with Gasteiger partial charge < -0.3 is 10.1 Å². The maximum absolute atomic E-state index is 11.6. The fourth-order valence-electron chi connectivity index (χ4n) is 1.96. The first kappa shape index (κ1) is 15.7. The summed E-state index contributed by atoms with van der Waals surface area (Å²) >= 11 is 0. The van der Waals surface area contributed by atoms with Gasteiger partial charge in [-0.05, 0) is 32.0 Å². The lowest BCUT2D eigenvalue weighted by Gasteiger charge is -2.18. The first-order chi connectivity index (χ1) is 9.02. The Balaban J connectivity index is 2.42. The van der Waals surface area contributed by atoms with Crippen LogP contribution < -0.4 is 5.32 Å². The van der Waals surface area contributed by atoms with Crippen LogP contribution in [0.5, 0.6) is 0 Å². The fraction of sp³-hybridized carbons (Fsp3) is 0.533. The summed E-state index contributed by atoms with van der Waals surface area (Å²) in [6, 6.07) is 6.40. The number of benzene rings is 1. The van der Waals surface area contributed by atoms with Crippen LogP contribution in [0.3, 0.4) is 0 Å². The summed E-state index contributed by atoms with van der Waals surface area (Å²) in [5.41, 5.74) is 3.80. The molecule has 19 heavy (non-hydrogen) atoms. The molecule has 0 fully saturated rings. The summed E-state index contributed by atoms with van der Waals surface area (Å²) in [5.74, 6) is 0.0318. The van der Waals surface area contributed by atoms with Crippen molar-refractivity contribution in [2.75, 3.05) is 33.9 Å². The molecule has 0 bridgehead atoms. The van der Waals surface area contributed by atoms with Crippen LogP contribution in [-0.2, 0) is 16.1 Å². The second-order valence-electron chi connectivity index (χ2n) is 4.94.